The van der Waals surface area contributed by atoms with Gasteiger partial charge >= 0.3 is 0 Å². The minimum atomic E-state index is -0.0820. The summed E-state index contributed by atoms with van der Waals surface area (Å²) in [6, 6.07) is 0. The van der Waals surface area contributed by atoms with Gasteiger partial charge in [-0.2, -0.15) is 11.8 Å². The Balaban J connectivity index is 3.42. The molecule has 1 N–H and O–H groups in total. The van der Waals surface area contributed by atoms with Crippen LogP contribution in [0.3, 0.4) is 0 Å². The summed E-state index contributed by atoms with van der Waals surface area (Å²) in [5.41, 5.74) is 0. The van der Waals surface area contributed by atoms with Crippen molar-refractivity contribution in [1.82, 2.24) is 0 Å². The Morgan fingerprint density at radius 1 is 1.15 bits per heavy atom. The molecule has 0 rings (SSSR count). The lowest BCUT2D eigenvalue weighted by Crippen LogP contribution is -2.15. The number of aliphatic hydroxyl groups excluding tert-OH is 1. The molecule has 80 valence electrons. The van der Waals surface area contributed by atoms with Gasteiger partial charge in [0.05, 0.1) is 6.10 Å². The van der Waals surface area contributed by atoms with E-state index in [9.17, 15) is 5.11 Å². The fourth-order valence-corrected chi connectivity index (χ4v) is 2.30. The molecule has 0 radical (unpaired) electrons. The van der Waals surface area contributed by atoms with Crippen molar-refractivity contribution in [1.29, 1.82) is 0 Å². The molecule has 0 spiro atoms. The van der Waals surface area contributed by atoms with E-state index < -0.39 is 0 Å². The number of rotatable bonds is 8. The van der Waals surface area contributed by atoms with Gasteiger partial charge in [-0.25, -0.2) is 0 Å². The van der Waals surface area contributed by atoms with Gasteiger partial charge in [0, 0.05) is 5.75 Å². The highest BCUT2D eigenvalue weighted by Gasteiger charge is 2.10. The molecule has 0 aliphatic heterocycles. The zero-order valence-corrected chi connectivity index (χ0v) is 10.1. The highest BCUT2D eigenvalue weighted by Crippen LogP contribution is 2.17. The van der Waals surface area contributed by atoms with Gasteiger partial charge in [0.15, 0.2) is 0 Å². The SMILES string of the molecule is CCCSCC(O)CC(CC)CC. The van der Waals surface area contributed by atoms with Crippen molar-refractivity contribution < 1.29 is 5.11 Å². The van der Waals surface area contributed by atoms with Gasteiger partial charge in [0.2, 0.25) is 0 Å². The van der Waals surface area contributed by atoms with Crippen molar-refractivity contribution in [3.63, 3.8) is 0 Å². The molecule has 13 heavy (non-hydrogen) atoms. The fourth-order valence-electron chi connectivity index (χ4n) is 1.44. The van der Waals surface area contributed by atoms with Crippen LogP contribution in [0.25, 0.3) is 0 Å². The predicted molar refractivity (Wildman–Crippen MR) is 62.3 cm³/mol. The molecule has 0 fully saturated rings. The van der Waals surface area contributed by atoms with Crippen LogP contribution in [-0.2, 0) is 0 Å². The average molecular weight is 204 g/mol. The Morgan fingerprint density at radius 3 is 2.23 bits per heavy atom. The van der Waals surface area contributed by atoms with Gasteiger partial charge in [-0.05, 0) is 24.5 Å². The first-order valence-corrected chi connectivity index (χ1v) is 6.65. The van der Waals surface area contributed by atoms with Crippen LogP contribution in [-0.4, -0.2) is 22.7 Å². The summed E-state index contributed by atoms with van der Waals surface area (Å²) in [5, 5.41) is 9.69. The van der Waals surface area contributed by atoms with E-state index >= 15 is 0 Å². The summed E-state index contributed by atoms with van der Waals surface area (Å²) in [6.45, 7) is 6.60. The molecule has 0 aromatic rings. The van der Waals surface area contributed by atoms with E-state index in [1.807, 2.05) is 11.8 Å². The lowest BCUT2D eigenvalue weighted by atomic mass is 9.97. The Kier molecular flexibility index (Phi) is 9.10. The van der Waals surface area contributed by atoms with Crippen LogP contribution in [0.2, 0.25) is 0 Å². The molecule has 2 heteroatoms. The Labute approximate surface area is 87.3 Å². The summed E-state index contributed by atoms with van der Waals surface area (Å²) in [5.74, 6) is 2.82. The molecule has 0 heterocycles. The zero-order chi connectivity index (χ0) is 10.1. The number of hydrogen-bond donors (Lipinski definition) is 1. The molecule has 0 bridgehead atoms. The van der Waals surface area contributed by atoms with Crippen LogP contribution >= 0.6 is 11.8 Å². The molecule has 0 saturated heterocycles. The van der Waals surface area contributed by atoms with Gasteiger partial charge in [0.25, 0.3) is 0 Å². The summed E-state index contributed by atoms with van der Waals surface area (Å²) in [7, 11) is 0. The number of aliphatic hydroxyl groups is 1. The van der Waals surface area contributed by atoms with E-state index in [0.29, 0.717) is 0 Å². The second-order valence-electron chi connectivity index (χ2n) is 3.65. The van der Waals surface area contributed by atoms with Crippen LogP contribution in [0.4, 0.5) is 0 Å². The van der Waals surface area contributed by atoms with Crippen molar-refractivity contribution in [3.8, 4) is 0 Å². The van der Waals surface area contributed by atoms with Crippen molar-refractivity contribution in [2.75, 3.05) is 11.5 Å². The molecule has 0 aliphatic rings. The normalized spacial score (nSPS) is 13.6. The maximum absolute atomic E-state index is 9.69. The largest absolute Gasteiger partial charge is 0.392 e. The van der Waals surface area contributed by atoms with Crippen LogP contribution in [0.15, 0.2) is 0 Å². The lowest BCUT2D eigenvalue weighted by molar-refractivity contribution is 0.161. The average Bonchev–Trinajstić information content (AvgIpc) is 2.14. The van der Waals surface area contributed by atoms with E-state index in [2.05, 4.69) is 20.8 Å². The zero-order valence-electron chi connectivity index (χ0n) is 9.25. The maximum atomic E-state index is 9.69. The maximum Gasteiger partial charge on any atom is 0.0633 e. The van der Waals surface area contributed by atoms with Gasteiger partial charge in [-0.1, -0.05) is 33.6 Å². The third-order valence-corrected chi connectivity index (χ3v) is 3.74. The fraction of sp³-hybridized carbons (Fsp3) is 1.00. The van der Waals surface area contributed by atoms with Crippen LogP contribution < -0.4 is 0 Å². The Hall–Kier alpha value is 0.310. The van der Waals surface area contributed by atoms with Crippen LogP contribution in [0, 0.1) is 5.92 Å². The minimum absolute atomic E-state index is 0.0820. The van der Waals surface area contributed by atoms with Gasteiger partial charge in [0.1, 0.15) is 0 Å². The molecule has 0 saturated carbocycles. The molecular weight excluding hydrogens is 180 g/mol. The molecule has 1 nitrogen and oxygen atoms in total. The van der Waals surface area contributed by atoms with Gasteiger partial charge < -0.3 is 5.11 Å². The van der Waals surface area contributed by atoms with E-state index in [4.69, 9.17) is 0 Å². The molecule has 1 atom stereocenters. The molecule has 0 aromatic carbocycles. The smallest absolute Gasteiger partial charge is 0.0633 e. The van der Waals surface area contributed by atoms with E-state index in [1.54, 1.807) is 0 Å². The second kappa shape index (κ2) is 8.89. The van der Waals surface area contributed by atoms with E-state index in [0.717, 1.165) is 18.1 Å². The van der Waals surface area contributed by atoms with Gasteiger partial charge in [-0.15, -0.1) is 0 Å². The van der Waals surface area contributed by atoms with Crippen molar-refractivity contribution in [2.45, 2.75) is 52.6 Å². The minimum Gasteiger partial charge on any atom is -0.392 e. The number of thioether (sulfide) groups is 1. The van der Waals surface area contributed by atoms with E-state index in [1.165, 1.54) is 25.0 Å². The molecule has 0 aromatic heterocycles. The second-order valence-corrected chi connectivity index (χ2v) is 4.80. The standard InChI is InChI=1S/C11H24OS/c1-4-7-13-9-11(12)8-10(5-2)6-3/h10-12H,4-9H2,1-3H3. The molecule has 1 unspecified atom stereocenters. The molecular formula is C11H24OS. The molecule has 0 aliphatic carbocycles. The predicted octanol–water partition coefficient (Wildman–Crippen LogP) is 3.32. The third-order valence-electron chi connectivity index (χ3n) is 2.42. The highest BCUT2D eigenvalue weighted by atomic mass is 32.2. The summed E-state index contributed by atoms with van der Waals surface area (Å²) in [6.07, 6.45) is 4.52. The number of hydrogen-bond acceptors (Lipinski definition) is 2. The first-order valence-electron chi connectivity index (χ1n) is 5.50. The lowest BCUT2D eigenvalue weighted by Gasteiger charge is -2.16. The third kappa shape index (κ3) is 7.39. The monoisotopic (exact) mass is 204 g/mol. The summed E-state index contributed by atoms with van der Waals surface area (Å²) >= 11 is 1.87. The first kappa shape index (κ1) is 13.3. The Bertz CT molecular complexity index is 102. The topological polar surface area (TPSA) is 20.2 Å². The van der Waals surface area contributed by atoms with Gasteiger partial charge in [-0.3, -0.25) is 0 Å². The van der Waals surface area contributed by atoms with Crippen molar-refractivity contribution >= 4 is 11.8 Å². The quantitative estimate of drug-likeness (QED) is 0.612. The molecule has 0 amide bonds. The van der Waals surface area contributed by atoms with Crippen molar-refractivity contribution in [2.24, 2.45) is 5.92 Å². The Morgan fingerprint density at radius 2 is 1.77 bits per heavy atom. The van der Waals surface area contributed by atoms with Crippen LogP contribution in [0.1, 0.15) is 46.5 Å². The van der Waals surface area contributed by atoms with Crippen LogP contribution in [0.5, 0.6) is 0 Å². The first-order chi connectivity index (χ1) is 6.24. The summed E-state index contributed by atoms with van der Waals surface area (Å²) in [4.78, 5) is 0. The van der Waals surface area contributed by atoms with Crippen molar-refractivity contribution in [3.05, 3.63) is 0 Å². The highest BCUT2D eigenvalue weighted by molar-refractivity contribution is 7.99. The van der Waals surface area contributed by atoms with E-state index in [-0.39, 0.29) is 6.10 Å². The summed E-state index contributed by atoms with van der Waals surface area (Å²) < 4.78 is 0.